The first kappa shape index (κ1) is 5.15. The summed E-state index contributed by atoms with van der Waals surface area (Å²) < 4.78 is 0. The molecule has 9 heavy (non-hydrogen) atoms. The predicted octanol–water partition coefficient (Wildman–Crippen LogP) is 1.06. The molecule has 0 aromatic rings. The Morgan fingerprint density at radius 1 is 1.56 bits per heavy atom. The van der Waals surface area contributed by atoms with Gasteiger partial charge >= 0.3 is 0 Å². The van der Waals surface area contributed by atoms with Gasteiger partial charge in [0.05, 0.1) is 12.6 Å². The van der Waals surface area contributed by atoms with Gasteiger partial charge in [-0.05, 0) is 19.3 Å². The molecule has 0 aromatic heterocycles. The van der Waals surface area contributed by atoms with Crippen LogP contribution in [-0.2, 0) is 0 Å². The van der Waals surface area contributed by atoms with Crippen molar-refractivity contribution in [2.75, 3.05) is 6.54 Å². The van der Waals surface area contributed by atoms with E-state index in [9.17, 15) is 0 Å². The molecule has 0 radical (unpaired) electrons. The van der Waals surface area contributed by atoms with Gasteiger partial charge in [-0.2, -0.15) is 0 Å². The number of rotatable bonds is 0. The van der Waals surface area contributed by atoms with Gasteiger partial charge in [-0.1, -0.05) is 0 Å². The summed E-state index contributed by atoms with van der Waals surface area (Å²) in [6.45, 7) is 0.825. The van der Waals surface area contributed by atoms with E-state index < -0.39 is 0 Å². The molecule has 1 aliphatic carbocycles. The number of hydrogen-bond acceptors (Lipinski definition) is 2. The van der Waals surface area contributed by atoms with Crippen LogP contribution < -0.4 is 0 Å². The Morgan fingerprint density at radius 3 is 3.44 bits per heavy atom. The van der Waals surface area contributed by atoms with Crippen LogP contribution in [0.25, 0.3) is 0 Å². The first-order valence-electron chi connectivity index (χ1n) is 3.51. The summed E-state index contributed by atoms with van der Waals surface area (Å²) in [7, 11) is 0. The van der Waals surface area contributed by atoms with E-state index in [0.717, 1.165) is 6.54 Å². The molecule has 1 aliphatic heterocycles. The summed E-state index contributed by atoms with van der Waals surface area (Å²) in [5.74, 6) is 0. The predicted molar refractivity (Wildman–Crippen MR) is 38.4 cm³/mol. The molecule has 0 aromatic carbocycles. The van der Waals surface area contributed by atoms with Crippen molar-refractivity contribution >= 4 is 11.9 Å². The van der Waals surface area contributed by atoms with Crippen molar-refractivity contribution in [1.82, 2.24) is 0 Å². The monoisotopic (exact) mass is 122 g/mol. The lowest BCUT2D eigenvalue weighted by atomic mass is 10.2. The topological polar surface area (TPSA) is 24.7 Å². The van der Waals surface area contributed by atoms with Crippen molar-refractivity contribution in [3.05, 3.63) is 0 Å². The summed E-state index contributed by atoms with van der Waals surface area (Å²) in [5.41, 5.74) is 1.34. The summed E-state index contributed by atoms with van der Waals surface area (Å²) in [6, 6.07) is 0.485. The molecule has 0 saturated heterocycles. The van der Waals surface area contributed by atoms with Gasteiger partial charge in [0.15, 0.2) is 0 Å². The van der Waals surface area contributed by atoms with Gasteiger partial charge in [0.2, 0.25) is 0 Å². The molecule has 0 N–H and O–H groups in total. The van der Waals surface area contributed by atoms with Crippen LogP contribution in [0.5, 0.6) is 0 Å². The standard InChI is InChI=1S/C7H10N2/c1-2-6-7(3-1)9-5-4-8-6/h4,6H,1-3,5H2. The van der Waals surface area contributed by atoms with Gasteiger partial charge in [-0.25, -0.2) is 0 Å². The average Bonchev–Trinajstić information content (AvgIpc) is 2.33. The van der Waals surface area contributed by atoms with E-state index >= 15 is 0 Å². The molecule has 1 heterocycles. The molecule has 2 heteroatoms. The average molecular weight is 122 g/mol. The van der Waals surface area contributed by atoms with Crippen LogP contribution >= 0.6 is 0 Å². The Balaban J connectivity index is 2.22. The van der Waals surface area contributed by atoms with Gasteiger partial charge in [0, 0.05) is 11.9 Å². The fourth-order valence-electron chi connectivity index (χ4n) is 1.49. The first-order valence-corrected chi connectivity index (χ1v) is 3.51. The highest BCUT2D eigenvalue weighted by atomic mass is 14.9. The van der Waals surface area contributed by atoms with Gasteiger partial charge < -0.3 is 0 Å². The minimum Gasteiger partial charge on any atom is -0.286 e. The maximum atomic E-state index is 4.36. The molecule has 48 valence electrons. The zero-order valence-electron chi connectivity index (χ0n) is 5.38. The Hall–Kier alpha value is -0.660. The summed E-state index contributed by atoms with van der Waals surface area (Å²) in [5, 5.41) is 0. The van der Waals surface area contributed by atoms with E-state index in [-0.39, 0.29) is 0 Å². The van der Waals surface area contributed by atoms with Crippen molar-refractivity contribution in [3.63, 3.8) is 0 Å². The summed E-state index contributed by atoms with van der Waals surface area (Å²) in [4.78, 5) is 8.69. The highest BCUT2D eigenvalue weighted by molar-refractivity contribution is 5.94. The molecule has 2 nitrogen and oxygen atoms in total. The van der Waals surface area contributed by atoms with Gasteiger partial charge in [-0.3, -0.25) is 9.98 Å². The van der Waals surface area contributed by atoms with Crippen molar-refractivity contribution in [3.8, 4) is 0 Å². The third kappa shape index (κ3) is 0.784. The van der Waals surface area contributed by atoms with Crippen LogP contribution in [-0.4, -0.2) is 24.5 Å². The van der Waals surface area contributed by atoms with Crippen LogP contribution in [0.1, 0.15) is 19.3 Å². The van der Waals surface area contributed by atoms with E-state index in [2.05, 4.69) is 9.98 Å². The Kier molecular flexibility index (Phi) is 1.11. The molecule has 0 amide bonds. The molecule has 0 bridgehead atoms. The number of hydrogen-bond donors (Lipinski definition) is 0. The van der Waals surface area contributed by atoms with Crippen LogP contribution in [0.2, 0.25) is 0 Å². The zero-order valence-corrected chi connectivity index (χ0v) is 5.38. The molecule has 1 atom stereocenters. The molecule has 2 aliphatic rings. The van der Waals surface area contributed by atoms with Crippen molar-refractivity contribution < 1.29 is 0 Å². The van der Waals surface area contributed by atoms with Crippen LogP contribution in [0.15, 0.2) is 9.98 Å². The molecule has 1 unspecified atom stereocenters. The Labute approximate surface area is 54.7 Å². The fraction of sp³-hybridized carbons (Fsp3) is 0.714. The highest BCUT2D eigenvalue weighted by Crippen LogP contribution is 2.20. The lowest BCUT2D eigenvalue weighted by Gasteiger charge is -2.07. The van der Waals surface area contributed by atoms with E-state index in [4.69, 9.17) is 0 Å². The lowest BCUT2D eigenvalue weighted by Crippen LogP contribution is -2.15. The number of nitrogens with zero attached hydrogens (tertiary/aromatic N) is 2. The summed E-state index contributed by atoms with van der Waals surface area (Å²) >= 11 is 0. The number of fused-ring (bicyclic) bond motifs is 1. The van der Waals surface area contributed by atoms with Gasteiger partial charge in [-0.15, -0.1) is 0 Å². The van der Waals surface area contributed by atoms with E-state index in [1.165, 1.54) is 25.0 Å². The van der Waals surface area contributed by atoms with Gasteiger partial charge in [0.25, 0.3) is 0 Å². The maximum Gasteiger partial charge on any atom is 0.0873 e. The first-order chi connectivity index (χ1) is 4.47. The quantitative estimate of drug-likeness (QED) is 0.459. The second kappa shape index (κ2) is 1.94. The Bertz CT molecular complexity index is 170. The molecule has 0 spiro atoms. The van der Waals surface area contributed by atoms with E-state index in [0.29, 0.717) is 6.04 Å². The SMILES string of the molecule is C1=NC2CCCC2=NC1. The smallest absolute Gasteiger partial charge is 0.0873 e. The Morgan fingerprint density at radius 2 is 2.56 bits per heavy atom. The molecule has 1 saturated carbocycles. The minimum absolute atomic E-state index is 0.485. The summed E-state index contributed by atoms with van der Waals surface area (Å²) in [6.07, 6.45) is 5.65. The van der Waals surface area contributed by atoms with Crippen LogP contribution in [0.3, 0.4) is 0 Å². The zero-order chi connectivity index (χ0) is 6.10. The second-order valence-electron chi connectivity index (χ2n) is 2.57. The largest absolute Gasteiger partial charge is 0.286 e. The normalized spacial score (nSPS) is 32.0. The minimum atomic E-state index is 0.485. The molecule has 2 rings (SSSR count). The van der Waals surface area contributed by atoms with Crippen molar-refractivity contribution in [2.24, 2.45) is 9.98 Å². The fourth-order valence-corrected chi connectivity index (χ4v) is 1.49. The van der Waals surface area contributed by atoms with Crippen LogP contribution in [0.4, 0.5) is 0 Å². The highest BCUT2D eigenvalue weighted by Gasteiger charge is 2.21. The maximum absolute atomic E-state index is 4.36. The molecular formula is C7H10N2. The number of aliphatic imine (C=N–C) groups is 2. The third-order valence-electron chi connectivity index (χ3n) is 1.96. The third-order valence-corrected chi connectivity index (χ3v) is 1.96. The van der Waals surface area contributed by atoms with Crippen molar-refractivity contribution in [2.45, 2.75) is 25.3 Å². The van der Waals surface area contributed by atoms with E-state index in [1.54, 1.807) is 0 Å². The lowest BCUT2D eigenvalue weighted by molar-refractivity contribution is 0.789. The molecular weight excluding hydrogens is 112 g/mol. The molecule has 1 fully saturated rings. The second-order valence-corrected chi connectivity index (χ2v) is 2.57. The van der Waals surface area contributed by atoms with Crippen molar-refractivity contribution in [1.29, 1.82) is 0 Å². The van der Waals surface area contributed by atoms with Gasteiger partial charge in [0.1, 0.15) is 0 Å². The van der Waals surface area contributed by atoms with E-state index in [1.807, 2.05) is 6.21 Å². The van der Waals surface area contributed by atoms with Crippen LogP contribution in [0, 0.1) is 0 Å².